The van der Waals surface area contributed by atoms with E-state index in [0.717, 1.165) is 25.2 Å². The third-order valence-corrected chi connectivity index (χ3v) is 4.15. The Morgan fingerprint density at radius 3 is 3.00 bits per heavy atom. The number of piperidine rings is 1. The van der Waals surface area contributed by atoms with Gasteiger partial charge in [0.1, 0.15) is 5.82 Å². The number of likely N-dealkylation sites (N-methyl/N-ethyl adjacent to an activating group) is 2. The number of pyridine rings is 1. The van der Waals surface area contributed by atoms with Crippen LogP contribution >= 0.6 is 0 Å². The summed E-state index contributed by atoms with van der Waals surface area (Å²) < 4.78 is 12.8. The number of nitrogens with zero attached hydrogens (tertiary/aromatic N) is 3. The summed E-state index contributed by atoms with van der Waals surface area (Å²) in [6, 6.07) is 3.58. The molecule has 1 saturated heterocycles. The van der Waals surface area contributed by atoms with Crippen molar-refractivity contribution in [3.8, 4) is 0 Å². The van der Waals surface area contributed by atoms with Crippen molar-refractivity contribution in [1.29, 1.82) is 0 Å². The summed E-state index contributed by atoms with van der Waals surface area (Å²) in [7, 11) is 4.34. The highest BCUT2D eigenvalue weighted by atomic mass is 19.1. The van der Waals surface area contributed by atoms with Gasteiger partial charge in [-0.3, -0.25) is 4.98 Å². The first kappa shape index (κ1) is 15.4. The minimum absolute atomic E-state index is 0.126. The summed E-state index contributed by atoms with van der Waals surface area (Å²) in [4.78, 5) is 8.82. The Balaban J connectivity index is 1.80. The molecule has 20 heavy (non-hydrogen) atoms. The lowest BCUT2D eigenvalue weighted by atomic mass is 10.0. The lowest BCUT2D eigenvalue weighted by Gasteiger charge is -2.36. The van der Waals surface area contributed by atoms with Crippen LogP contribution in [0.1, 0.15) is 31.0 Å². The smallest absolute Gasteiger partial charge is 0.141 e. The van der Waals surface area contributed by atoms with Crippen molar-refractivity contribution in [2.24, 2.45) is 5.73 Å². The van der Waals surface area contributed by atoms with Gasteiger partial charge in [0.05, 0.1) is 11.9 Å². The van der Waals surface area contributed by atoms with Gasteiger partial charge in [0.25, 0.3) is 0 Å². The lowest BCUT2D eigenvalue weighted by molar-refractivity contribution is 0.131. The molecule has 2 atom stereocenters. The molecular formula is C15H25FN4. The quantitative estimate of drug-likeness (QED) is 0.890. The molecule has 0 spiro atoms. The van der Waals surface area contributed by atoms with Gasteiger partial charge < -0.3 is 15.5 Å². The first-order valence-electron chi connectivity index (χ1n) is 7.32. The second kappa shape index (κ2) is 7.11. The van der Waals surface area contributed by atoms with E-state index < -0.39 is 0 Å². The van der Waals surface area contributed by atoms with Crippen molar-refractivity contribution in [3.63, 3.8) is 0 Å². The van der Waals surface area contributed by atoms with Crippen LogP contribution in [0.5, 0.6) is 0 Å². The monoisotopic (exact) mass is 280 g/mol. The number of aromatic nitrogens is 1. The van der Waals surface area contributed by atoms with Crippen LogP contribution in [0.25, 0.3) is 0 Å². The van der Waals surface area contributed by atoms with Crippen LogP contribution in [0.15, 0.2) is 18.3 Å². The van der Waals surface area contributed by atoms with Gasteiger partial charge in [0, 0.05) is 25.2 Å². The van der Waals surface area contributed by atoms with Crippen molar-refractivity contribution < 1.29 is 4.39 Å². The number of rotatable bonds is 5. The molecule has 2 rings (SSSR count). The van der Waals surface area contributed by atoms with Crippen LogP contribution < -0.4 is 5.73 Å². The number of hydrogen-bond acceptors (Lipinski definition) is 4. The molecule has 0 aliphatic carbocycles. The van der Waals surface area contributed by atoms with Crippen molar-refractivity contribution in [2.75, 3.05) is 33.7 Å². The molecule has 2 heterocycles. The summed E-state index contributed by atoms with van der Waals surface area (Å²) in [5.41, 5.74) is 6.89. The molecule has 1 aliphatic rings. The summed E-state index contributed by atoms with van der Waals surface area (Å²) >= 11 is 0. The molecule has 0 saturated carbocycles. The molecule has 1 aliphatic heterocycles. The van der Waals surface area contributed by atoms with E-state index in [-0.39, 0.29) is 11.9 Å². The van der Waals surface area contributed by atoms with E-state index >= 15 is 0 Å². The van der Waals surface area contributed by atoms with E-state index in [4.69, 9.17) is 5.73 Å². The first-order valence-corrected chi connectivity index (χ1v) is 7.32. The van der Waals surface area contributed by atoms with Crippen LogP contribution in [-0.2, 0) is 0 Å². The topological polar surface area (TPSA) is 45.4 Å². The fourth-order valence-corrected chi connectivity index (χ4v) is 2.78. The van der Waals surface area contributed by atoms with Crippen LogP contribution in [0.4, 0.5) is 4.39 Å². The standard InChI is InChI=1S/C15H25FN4/c1-19-8-3-4-13(11-19)20(2)9-7-14(17)15-6-5-12(16)10-18-15/h5-6,10,13-14H,3-4,7-9,11,17H2,1-2H3. The second-order valence-corrected chi connectivity index (χ2v) is 5.84. The van der Waals surface area contributed by atoms with Crippen molar-refractivity contribution >= 4 is 0 Å². The van der Waals surface area contributed by atoms with E-state index in [9.17, 15) is 4.39 Å². The fourth-order valence-electron chi connectivity index (χ4n) is 2.78. The minimum atomic E-state index is -0.316. The summed E-state index contributed by atoms with van der Waals surface area (Å²) in [5.74, 6) is -0.316. The van der Waals surface area contributed by atoms with Gasteiger partial charge in [0.2, 0.25) is 0 Å². The zero-order valence-electron chi connectivity index (χ0n) is 12.4. The molecule has 4 nitrogen and oxygen atoms in total. The molecular weight excluding hydrogens is 255 g/mol. The lowest BCUT2D eigenvalue weighted by Crippen LogP contribution is -2.45. The predicted molar refractivity (Wildman–Crippen MR) is 78.9 cm³/mol. The molecule has 5 heteroatoms. The largest absolute Gasteiger partial charge is 0.323 e. The minimum Gasteiger partial charge on any atom is -0.323 e. The van der Waals surface area contributed by atoms with Crippen molar-refractivity contribution in [1.82, 2.24) is 14.8 Å². The molecule has 0 radical (unpaired) electrons. The summed E-state index contributed by atoms with van der Waals surface area (Å²) in [6.07, 6.45) is 4.59. The number of hydrogen-bond donors (Lipinski definition) is 1. The zero-order valence-corrected chi connectivity index (χ0v) is 12.4. The summed E-state index contributed by atoms with van der Waals surface area (Å²) in [5, 5.41) is 0. The molecule has 2 N–H and O–H groups in total. The van der Waals surface area contributed by atoms with E-state index in [1.54, 1.807) is 6.07 Å². The molecule has 0 amide bonds. The van der Waals surface area contributed by atoms with Gasteiger partial charge in [-0.15, -0.1) is 0 Å². The highest BCUT2D eigenvalue weighted by Gasteiger charge is 2.21. The Morgan fingerprint density at radius 2 is 2.35 bits per heavy atom. The van der Waals surface area contributed by atoms with Crippen LogP contribution in [0, 0.1) is 5.82 Å². The van der Waals surface area contributed by atoms with Crippen LogP contribution in [0.3, 0.4) is 0 Å². The summed E-state index contributed by atoms with van der Waals surface area (Å²) in [6.45, 7) is 3.27. The van der Waals surface area contributed by atoms with Gasteiger partial charge in [-0.25, -0.2) is 4.39 Å². The maximum atomic E-state index is 12.8. The maximum absolute atomic E-state index is 12.8. The van der Waals surface area contributed by atoms with Crippen LogP contribution in [0.2, 0.25) is 0 Å². The van der Waals surface area contributed by atoms with Gasteiger partial charge in [0.15, 0.2) is 0 Å². The average Bonchev–Trinajstić information content (AvgIpc) is 2.45. The Hall–Kier alpha value is -1.04. The van der Waals surface area contributed by atoms with Crippen molar-refractivity contribution in [3.05, 3.63) is 29.8 Å². The van der Waals surface area contributed by atoms with Crippen molar-refractivity contribution in [2.45, 2.75) is 31.3 Å². The molecule has 1 aromatic heterocycles. The number of halogens is 1. The molecule has 112 valence electrons. The fraction of sp³-hybridized carbons (Fsp3) is 0.667. The molecule has 0 bridgehead atoms. The highest BCUT2D eigenvalue weighted by Crippen LogP contribution is 2.16. The zero-order chi connectivity index (χ0) is 14.5. The maximum Gasteiger partial charge on any atom is 0.141 e. The third kappa shape index (κ3) is 4.23. The Labute approximate surface area is 120 Å². The Bertz CT molecular complexity index is 409. The van der Waals surface area contributed by atoms with E-state index in [1.807, 2.05) is 0 Å². The SMILES string of the molecule is CN1CCCC(N(C)CCC(N)c2ccc(F)cn2)C1. The number of nitrogens with two attached hydrogens (primary N) is 1. The Kier molecular flexibility index (Phi) is 5.46. The normalized spacial score (nSPS) is 22.1. The Morgan fingerprint density at radius 1 is 1.55 bits per heavy atom. The van der Waals surface area contributed by atoms with Gasteiger partial charge >= 0.3 is 0 Å². The van der Waals surface area contributed by atoms with E-state index in [2.05, 4.69) is 28.9 Å². The van der Waals surface area contributed by atoms with Gasteiger partial charge in [-0.05, 0) is 52.0 Å². The number of likely N-dealkylation sites (tertiary alicyclic amines) is 1. The second-order valence-electron chi connectivity index (χ2n) is 5.84. The average molecular weight is 280 g/mol. The van der Waals surface area contributed by atoms with E-state index in [1.165, 1.54) is 31.6 Å². The van der Waals surface area contributed by atoms with Gasteiger partial charge in [-0.1, -0.05) is 0 Å². The molecule has 2 unspecified atom stereocenters. The highest BCUT2D eigenvalue weighted by molar-refractivity contribution is 5.09. The first-order chi connectivity index (χ1) is 9.56. The molecule has 1 fully saturated rings. The third-order valence-electron chi connectivity index (χ3n) is 4.15. The molecule has 0 aromatic carbocycles. The predicted octanol–water partition coefficient (Wildman–Crippen LogP) is 1.64. The van der Waals surface area contributed by atoms with Gasteiger partial charge in [-0.2, -0.15) is 0 Å². The molecule has 1 aromatic rings. The van der Waals surface area contributed by atoms with E-state index in [0.29, 0.717) is 6.04 Å². The van der Waals surface area contributed by atoms with Crippen LogP contribution in [-0.4, -0.2) is 54.6 Å².